The van der Waals surface area contributed by atoms with Gasteiger partial charge in [0.15, 0.2) is 11.5 Å². The number of quaternary nitrogens is 1. The van der Waals surface area contributed by atoms with E-state index in [0.29, 0.717) is 34.5 Å². The second kappa shape index (κ2) is 6.62. The lowest BCUT2D eigenvalue weighted by atomic mass is 9.92. The van der Waals surface area contributed by atoms with Gasteiger partial charge in [0, 0.05) is 17.3 Å². The number of methoxy groups -OCH3 is 2. The van der Waals surface area contributed by atoms with E-state index in [4.69, 9.17) is 25.7 Å². The zero-order valence-corrected chi connectivity index (χ0v) is 15.4. The third kappa shape index (κ3) is 3.02. The van der Waals surface area contributed by atoms with Gasteiger partial charge in [0.05, 0.1) is 19.8 Å². The van der Waals surface area contributed by atoms with Crippen LogP contribution in [0.1, 0.15) is 35.6 Å². The van der Waals surface area contributed by atoms with Crippen molar-refractivity contribution in [3.63, 3.8) is 0 Å². The van der Waals surface area contributed by atoms with Crippen molar-refractivity contribution >= 4 is 17.8 Å². The average Bonchev–Trinajstić information content (AvgIpc) is 3.51. The number of nitrogens with zero attached hydrogens (tertiary/aromatic N) is 2. The number of nitrogens with two attached hydrogens (primary N) is 2. The summed E-state index contributed by atoms with van der Waals surface area (Å²) in [5, 5.41) is 0. The van der Waals surface area contributed by atoms with Crippen LogP contribution in [0.15, 0.2) is 18.3 Å². The maximum atomic E-state index is 6.29. The summed E-state index contributed by atoms with van der Waals surface area (Å²) in [7, 11) is 3.21. The average molecular weight is 370 g/mol. The Kier molecular flexibility index (Phi) is 4.27. The van der Waals surface area contributed by atoms with Crippen LogP contribution < -0.4 is 31.4 Å². The van der Waals surface area contributed by atoms with Gasteiger partial charge >= 0.3 is 0 Å². The van der Waals surface area contributed by atoms with Crippen LogP contribution in [-0.2, 0) is 0 Å². The van der Waals surface area contributed by atoms with E-state index in [1.807, 2.05) is 6.07 Å². The van der Waals surface area contributed by atoms with E-state index in [-0.39, 0.29) is 18.1 Å². The lowest BCUT2D eigenvalue weighted by Crippen LogP contribution is -2.54. The Labute approximate surface area is 157 Å². The van der Waals surface area contributed by atoms with Crippen molar-refractivity contribution in [2.24, 2.45) is 5.92 Å². The summed E-state index contributed by atoms with van der Waals surface area (Å²) in [6.45, 7) is 0. The molecule has 27 heavy (non-hydrogen) atoms. The molecular formula is C19H24N5O3+. The first-order valence-corrected chi connectivity index (χ1v) is 8.88. The summed E-state index contributed by atoms with van der Waals surface area (Å²) in [6.07, 6.45) is 8.20. The van der Waals surface area contributed by atoms with E-state index in [2.05, 4.69) is 27.9 Å². The molecule has 2 atom stereocenters. The summed E-state index contributed by atoms with van der Waals surface area (Å²) in [4.78, 5) is 8.11. The third-order valence-corrected chi connectivity index (χ3v) is 5.11. The molecule has 8 nitrogen and oxygen atoms in total. The molecule has 4 rings (SSSR count). The minimum Gasteiger partial charge on any atom is -0.493 e. The standard InChI is InChI=1S/C19H23N5O3/c1-25-14-7-11(15(20)12-8-23-19(22)24-18(12)21)10-5-6-13(9-3-4-9)27-16(10)17(14)26-2/h5-9,13,15H,3-4,20H2,1-2H3,(H4,21,22,23,24)/p+1. The fourth-order valence-corrected chi connectivity index (χ4v) is 3.47. The van der Waals surface area contributed by atoms with Crippen molar-refractivity contribution in [1.29, 1.82) is 0 Å². The number of hydrogen-bond acceptors (Lipinski definition) is 7. The molecule has 0 radical (unpaired) electrons. The highest BCUT2D eigenvalue weighted by atomic mass is 16.5. The van der Waals surface area contributed by atoms with Gasteiger partial charge in [0.25, 0.3) is 0 Å². The van der Waals surface area contributed by atoms with Crippen molar-refractivity contribution in [2.75, 3.05) is 25.7 Å². The van der Waals surface area contributed by atoms with Crippen LogP contribution in [0, 0.1) is 5.92 Å². The predicted octanol–water partition coefficient (Wildman–Crippen LogP) is 1.17. The number of fused-ring (bicyclic) bond motifs is 1. The van der Waals surface area contributed by atoms with E-state index in [0.717, 1.165) is 11.1 Å². The lowest BCUT2D eigenvalue weighted by molar-refractivity contribution is -0.411. The van der Waals surface area contributed by atoms with Crippen molar-refractivity contribution in [2.45, 2.75) is 25.0 Å². The third-order valence-electron chi connectivity index (χ3n) is 5.11. The maximum Gasteiger partial charge on any atom is 0.221 e. The first-order chi connectivity index (χ1) is 13.0. The number of benzene rings is 1. The molecule has 2 heterocycles. The van der Waals surface area contributed by atoms with Crippen LogP contribution >= 0.6 is 0 Å². The Hall–Kier alpha value is -3.00. The number of hydrogen-bond donors (Lipinski definition) is 3. The van der Waals surface area contributed by atoms with E-state index < -0.39 is 0 Å². The highest BCUT2D eigenvalue weighted by Gasteiger charge is 2.36. The van der Waals surface area contributed by atoms with Gasteiger partial charge in [0.2, 0.25) is 11.7 Å². The summed E-state index contributed by atoms with van der Waals surface area (Å²) in [5.74, 6) is 2.84. The van der Waals surface area contributed by atoms with Gasteiger partial charge in [-0.25, -0.2) is 4.98 Å². The summed E-state index contributed by atoms with van der Waals surface area (Å²) >= 11 is 0. The van der Waals surface area contributed by atoms with Crippen LogP contribution in [0.25, 0.3) is 6.08 Å². The quantitative estimate of drug-likeness (QED) is 0.719. The van der Waals surface area contributed by atoms with Gasteiger partial charge in [-0.3, -0.25) is 0 Å². The van der Waals surface area contributed by atoms with E-state index in [9.17, 15) is 0 Å². The molecule has 1 saturated carbocycles. The Balaban J connectivity index is 1.84. The molecular weight excluding hydrogens is 346 g/mol. The number of anilines is 2. The zero-order valence-electron chi connectivity index (χ0n) is 15.4. The second-order valence-electron chi connectivity index (χ2n) is 6.84. The van der Waals surface area contributed by atoms with Crippen LogP contribution in [0.2, 0.25) is 0 Å². The molecule has 2 aliphatic rings. The van der Waals surface area contributed by atoms with Crippen molar-refractivity contribution in [1.82, 2.24) is 9.97 Å². The smallest absolute Gasteiger partial charge is 0.221 e. The summed E-state index contributed by atoms with van der Waals surface area (Å²) in [6, 6.07) is 1.57. The van der Waals surface area contributed by atoms with E-state index in [1.165, 1.54) is 12.8 Å². The van der Waals surface area contributed by atoms with E-state index in [1.54, 1.807) is 20.4 Å². The molecule has 1 aromatic heterocycles. The van der Waals surface area contributed by atoms with Gasteiger partial charge < -0.3 is 31.4 Å². The molecule has 2 unspecified atom stereocenters. The first kappa shape index (κ1) is 17.4. The molecule has 1 aromatic carbocycles. The molecule has 0 saturated heterocycles. The van der Waals surface area contributed by atoms with Gasteiger partial charge in [-0.15, -0.1) is 0 Å². The van der Waals surface area contributed by atoms with E-state index >= 15 is 0 Å². The molecule has 1 aliphatic carbocycles. The highest BCUT2D eigenvalue weighted by Crippen LogP contribution is 2.49. The molecule has 0 amide bonds. The fourth-order valence-electron chi connectivity index (χ4n) is 3.47. The van der Waals surface area contributed by atoms with Gasteiger partial charge in [-0.1, -0.05) is 6.08 Å². The van der Waals surface area contributed by atoms with Crippen LogP contribution in [-0.4, -0.2) is 30.3 Å². The molecule has 7 N–H and O–H groups in total. The topological polar surface area (TPSA) is 133 Å². The Bertz CT molecular complexity index is 911. The summed E-state index contributed by atoms with van der Waals surface area (Å²) < 4.78 is 17.4. The SMILES string of the molecule is COc1cc(C([NH3+])c2cnc(N)nc2N)c2c(c1OC)OC(C1CC1)C=C2. The van der Waals surface area contributed by atoms with Gasteiger partial charge in [0.1, 0.15) is 18.0 Å². The Morgan fingerprint density at radius 3 is 2.63 bits per heavy atom. The summed E-state index contributed by atoms with van der Waals surface area (Å²) in [5.41, 5.74) is 18.5. The van der Waals surface area contributed by atoms with Crippen molar-refractivity contribution in [3.05, 3.63) is 35.0 Å². The molecule has 1 fully saturated rings. The lowest BCUT2D eigenvalue weighted by Gasteiger charge is -2.27. The van der Waals surface area contributed by atoms with Crippen LogP contribution in [0.4, 0.5) is 11.8 Å². The molecule has 142 valence electrons. The first-order valence-electron chi connectivity index (χ1n) is 8.88. The fraction of sp³-hybridized carbons (Fsp3) is 0.368. The van der Waals surface area contributed by atoms with Gasteiger partial charge in [-0.2, -0.15) is 4.98 Å². The monoisotopic (exact) mass is 370 g/mol. The molecule has 2 aromatic rings. The molecule has 1 aliphatic heterocycles. The number of rotatable bonds is 5. The maximum absolute atomic E-state index is 6.29. The predicted molar refractivity (Wildman–Crippen MR) is 101 cm³/mol. The molecule has 8 heteroatoms. The minimum absolute atomic E-state index is 0.0551. The number of aromatic nitrogens is 2. The normalized spacial score (nSPS) is 19.1. The van der Waals surface area contributed by atoms with Crippen molar-refractivity contribution < 1.29 is 19.9 Å². The molecule has 0 bridgehead atoms. The molecule has 0 spiro atoms. The second-order valence-corrected chi connectivity index (χ2v) is 6.84. The van der Waals surface area contributed by atoms with Crippen LogP contribution in [0.5, 0.6) is 17.2 Å². The van der Waals surface area contributed by atoms with Gasteiger partial charge in [-0.05, 0) is 30.9 Å². The number of nitrogen functional groups attached to an aromatic ring is 2. The Morgan fingerprint density at radius 1 is 1.22 bits per heavy atom. The van der Waals surface area contributed by atoms with Crippen molar-refractivity contribution in [3.8, 4) is 17.2 Å². The Morgan fingerprint density at radius 2 is 2.00 bits per heavy atom. The minimum atomic E-state index is -0.329. The zero-order chi connectivity index (χ0) is 19.1. The highest BCUT2D eigenvalue weighted by molar-refractivity contribution is 5.73. The van der Waals surface area contributed by atoms with Crippen LogP contribution in [0.3, 0.4) is 0 Å². The number of ether oxygens (including phenoxy) is 3. The largest absolute Gasteiger partial charge is 0.493 e.